The number of pyridine rings is 1. The fourth-order valence-corrected chi connectivity index (χ4v) is 7.23. The molecule has 158 valence electrons. The second-order valence-electron chi connectivity index (χ2n) is 8.50. The summed E-state index contributed by atoms with van der Waals surface area (Å²) >= 11 is 0. The van der Waals surface area contributed by atoms with Crippen LogP contribution in [-0.2, 0) is 22.1 Å². The summed E-state index contributed by atoms with van der Waals surface area (Å²) in [5.74, 6) is 0. The SMILES string of the molecule is O=C(NC1CCCC1)N1CC[C@]2(C1)c1ccccc1S(=O)(=O)N2Cc1cccnc1. The molecule has 1 aromatic carbocycles. The van der Waals surface area contributed by atoms with Crippen LogP contribution in [-0.4, -0.2) is 47.8 Å². The highest BCUT2D eigenvalue weighted by atomic mass is 32.2. The second-order valence-corrected chi connectivity index (χ2v) is 10.3. The van der Waals surface area contributed by atoms with Gasteiger partial charge in [-0.15, -0.1) is 0 Å². The van der Waals surface area contributed by atoms with Gasteiger partial charge < -0.3 is 10.2 Å². The maximum atomic E-state index is 13.5. The Morgan fingerprint density at radius 3 is 2.73 bits per heavy atom. The fourth-order valence-electron chi connectivity index (χ4n) is 5.18. The molecule has 1 N–H and O–H groups in total. The average Bonchev–Trinajstić information content (AvgIpc) is 3.46. The lowest BCUT2D eigenvalue weighted by Crippen LogP contribution is -2.48. The number of urea groups is 1. The monoisotopic (exact) mass is 426 g/mol. The normalized spacial score (nSPS) is 25.7. The van der Waals surface area contributed by atoms with Crippen molar-refractivity contribution in [3.8, 4) is 0 Å². The van der Waals surface area contributed by atoms with Gasteiger partial charge in [0.05, 0.1) is 10.4 Å². The van der Waals surface area contributed by atoms with Crippen molar-refractivity contribution in [1.82, 2.24) is 19.5 Å². The molecule has 7 nitrogen and oxygen atoms in total. The number of amides is 2. The van der Waals surface area contributed by atoms with Gasteiger partial charge in [-0.25, -0.2) is 13.2 Å². The number of likely N-dealkylation sites (tertiary alicyclic amines) is 1. The van der Waals surface area contributed by atoms with Crippen LogP contribution >= 0.6 is 0 Å². The zero-order chi connectivity index (χ0) is 20.8. The molecule has 1 aromatic heterocycles. The van der Waals surface area contributed by atoms with Gasteiger partial charge in [-0.2, -0.15) is 4.31 Å². The molecule has 0 bridgehead atoms. The first-order valence-corrected chi connectivity index (χ1v) is 12.0. The van der Waals surface area contributed by atoms with Crippen molar-refractivity contribution in [1.29, 1.82) is 0 Å². The molecule has 2 amide bonds. The lowest BCUT2D eigenvalue weighted by molar-refractivity contribution is 0.176. The topological polar surface area (TPSA) is 82.6 Å². The molecule has 0 unspecified atom stereocenters. The molecule has 5 rings (SSSR count). The van der Waals surface area contributed by atoms with E-state index in [2.05, 4.69) is 10.3 Å². The van der Waals surface area contributed by atoms with Crippen molar-refractivity contribution < 1.29 is 13.2 Å². The molecule has 8 heteroatoms. The smallest absolute Gasteiger partial charge is 0.317 e. The van der Waals surface area contributed by atoms with Crippen LogP contribution in [0.25, 0.3) is 0 Å². The Morgan fingerprint density at radius 2 is 1.97 bits per heavy atom. The van der Waals surface area contributed by atoms with Crippen molar-refractivity contribution >= 4 is 16.1 Å². The van der Waals surface area contributed by atoms with Crippen molar-refractivity contribution in [2.75, 3.05) is 13.1 Å². The van der Waals surface area contributed by atoms with E-state index >= 15 is 0 Å². The highest BCUT2D eigenvalue weighted by Gasteiger charge is 2.57. The quantitative estimate of drug-likeness (QED) is 0.818. The third kappa shape index (κ3) is 3.09. The number of hydrogen-bond donors (Lipinski definition) is 1. The maximum absolute atomic E-state index is 13.5. The second kappa shape index (κ2) is 7.35. The molecule has 1 saturated heterocycles. The van der Waals surface area contributed by atoms with Crippen LogP contribution in [0.15, 0.2) is 53.7 Å². The van der Waals surface area contributed by atoms with E-state index in [1.807, 2.05) is 24.3 Å². The molecule has 3 aliphatic rings. The number of carbonyl (C=O) groups is 1. The van der Waals surface area contributed by atoms with Gasteiger partial charge in [0.25, 0.3) is 0 Å². The summed E-state index contributed by atoms with van der Waals surface area (Å²) in [7, 11) is -3.66. The third-order valence-electron chi connectivity index (χ3n) is 6.70. The minimum atomic E-state index is -3.66. The number of carbonyl (C=O) groups excluding carboxylic acids is 1. The van der Waals surface area contributed by atoms with Crippen molar-refractivity contribution in [3.05, 3.63) is 59.9 Å². The molecule has 0 radical (unpaired) electrons. The van der Waals surface area contributed by atoms with Gasteiger partial charge in [-0.1, -0.05) is 37.1 Å². The molecule has 2 aromatic rings. The predicted octanol–water partition coefficient (Wildman–Crippen LogP) is 2.84. The minimum Gasteiger partial charge on any atom is -0.335 e. The van der Waals surface area contributed by atoms with E-state index in [9.17, 15) is 13.2 Å². The average molecular weight is 427 g/mol. The first kappa shape index (κ1) is 19.5. The van der Waals surface area contributed by atoms with Crippen LogP contribution in [0.1, 0.15) is 43.2 Å². The lowest BCUT2D eigenvalue weighted by Gasteiger charge is -2.34. The Morgan fingerprint density at radius 1 is 1.17 bits per heavy atom. The molecule has 30 heavy (non-hydrogen) atoms. The van der Waals surface area contributed by atoms with Crippen LogP contribution < -0.4 is 5.32 Å². The molecule has 1 saturated carbocycles. The summed E-state index contributed by atoms with van der Waals surface area (Å²) in [6, 6.07) is 11.1. The van der Waals surface area contributed by atoms with E-state index in [1.165, 1.54) is 0 Å². The molecule has 1 spiro atoms. The van der Waals surface area contributed by atoms with E-state index in [0.717, 1.165) is 36.8 Å². The van der Waals surface area contributed by atoms with Gasteiger partial charge in [-0.3, -0.25) is 4.98 Å². The fraction of sp³-hybridized carbons (Fsp3) is 0.455. The maximum Gasteiger partial charge on any atom is 0.317 e. The number of sulfonamides is 1. The largest absolute Gasteiger partial charge is 0.335 e. The van der Waals surface area contributed by atoms with Crippen molar-refractivity contribution in [3.63, 3.8) is 0 Å². The summed E-state index contributed by atoms with van der Waals surface area (Å²) in [5, 5.41) is 3.15. The van der Waals surface area contributed by atoms with Gasteiger partial charge in [0.15, 0.2) is 0 Å². The number of aromatic nitrogens is 1. The van der Waals surface area contributed by atoms with Gasteiger partial charge in [0.2, 0.25) is 10.0 Å². The molecule has 3 heterocycles. The molecular weight excluding hydrogens is 400 g/mol. The third-order valence-corrected chi connectivity index (χ3v) is 8.67. The Labute approximate surface area is 177 Å². The van der Waals surface area contributed by atoms with Crippen LogP contribution in [0.3, 0.4) is 0 Å². The van der Waals surface area contributed by atoms with Crippen molar-refractivity contribution in [2.45, 2.75) is 55.1 Å². The van der Waals surface area contributed by atoms with Crippen LogP contribution in [0.4, 0.5) is 4.79 Å². The Balaban J connectivity index is 1.48. The van der Waals surface area contributed by atoms with Gasteiger partial charge >= 0.3 is 6.03 Å². The summed E-state index contributed by atoms with van der Waals surface area (Å²) in [6.45, 7) is 1.14. The zero-order valence-electron chi connectivity index (χ0n) is 16.8. The van der Waals surface area contributed by atoms with Gasteiger partial charge in [0.1, 0.15) is 0 Å². The van der Waals surface area contributed by atoms with Crippen LogP contribution in [0.5, 0.6) is 0 Å². The van der Waals surface area contributed by atoms with E-state index < -0.39 is 15.6 Å². The number of nitrogens with zero attached hydrogens (tertiary/aromatic N) is 3. The zero-order valence-corrected chi connectivity index (χ0v) is 17.6. The Hall–Kier alpha value is -2.45. The summed E-state index contributed by atoms with van der Waals surface area (Å²) in [5.41, 5.74) is 0.894. The number of fused-ring (bicyclic) bond motifs is 2. The minimum absolute atomic E-state index is 0.0816. The number of hydrogen-bond acceptors (Lipinski definition) is 4. The number of rotatable bonds is 3. The van der Waals surface area contributed by atoms with Crippen molar-refractivity contribution in [2.24, 2.45) is 0 Å². The van der Waals surface area contributed by atoms with E-state index in [4.69, 9.17) is 0 Å². The summed E-state index contributed by atoms with van der Waals surface area (Å²) in [6.07, 6.45) is 8.31. The number of nitrogens with one attached hydrogen (secondary N) is 1. The summed E-state index contributed by atoms with van der Waals surface area (Å²) in [4.78, 5) is 19.2. The summed E-state index contributed by atoms with van der Waals surface area (Å²) < 4.78 is 28.6. The highest BCUT2D eigenvalue weighted by Crippen LogP contribution is 2.50. The first-order valence-electron chi connectivity index (χ1n) is 10.6. The molecule has 1 aliphatic carbocycles. The van der Waals surface area contributed by atoms with Crippen LogP contribution in [0.2, 0.25) is 0 Å². The first-order chi connectivity index (χ1) is 14.5. The lowest BCUT2D eigenvalue weighted by atomic mass is 9.88. The number of benzene rings is 1. The van der Waals surface area contributed by atoms with Gasteiger partial charge in [0, 0.05) is 38.1 Å². The van der Waals surface area contributed by atoms with E-state index in [-0.39, 0.29) is 18.6 Å². The van der Waals surface area contributed by atoms with E-state index in [1.54, 1.807) is 33.7 Å². The molecule has 1 atom stereocenters. The Kier molecular flexibility index (Phi) is 4.78. The molecular formula is C22H26N4O3S. The highest BCUT2D eigenvalue weighted by molar-refractivity contribution is 7.89. The molecule has 2 fully saturated rings. The Bertz CT molecular complexity index is 1050. The predicted molar refractivity (Wildman–Crippen MR) is 112 cm³/mol. The van der Waals surface area contributed by atoms with E-state index in [0.29, 0.717) is 24.4 Å². The van der Waals surface area contributed by atoms with Gasteiger partial charge in [-0.05, 0) is 42.5 Å². The van der Waals surface area contributed by atoms with Crippen LogP contribution in [0, 0.1) is 0 Å². The standard InChI is InChI=1S/C22H26N4O3S/c27-21(24-18-7-1-2-8-18)25-13-11-22(16-25)19-9-3-4-10-20(19)30(28,29)26(22)15-17-6-5-12-23-14-17/h3-6,9-10,12,14,18H,1-2,7-8,11,13,15-16H2,(H,24,27)/t22-/m0/s1. The molecule has 2 aliphatic heterocycles.